The lowest BCUT2D eigenvalue weighted by Crippen LogP contribution is -2.51. The number of nitrogens with zero attached hydrogens (tertiary/aromatic N) is 1. The molecule has 0 atom stereocenters. The van der Waals surface area contributed by atoms with E-state index in [4.69, 9.17) is 10.2 Å². The van der Waals surface area contributed by atoms with Crippen molar-refractivity contribution in [3.8, 4) is 0 Å². The number of aliphatic hydroxyl groups is 2. The second-order valence-corrected chi connectivity index (χ2v) is 6.42. The molecule has 0 saturated carbocycles. The highest BCUT2D eigenvalue weighted by molar-refractivity contribution is 9.10. The lowest BCUT2D eigenvalue weighted by atomic mass is 10.1. The van der Waals surface area contributed by atoms with Crippen LogP contribution in [0.1, 0.15) is 6.92 Å². The first-order valence-corrected chi connectivity index (χ1v) is 6.97. The Morgan fingerprint density at radius 1 is 1.41 bits per heavy atom. The monoisotopic (exact) mass is 324 g/mol. The summed E-state index contributed by atoms with van der Waals surface area (Å²) in [4.78, 5) is 3.70. The van der Waals surface area contributed by atoms with E-state index in [0.717, 1.165) is 0 Å². The lowest BCUT2D eigenvalue weighted by molar-refractivity contribution is 0.121. The summed E-state index contributed by atoms with van der Waals surface area (Å²) in [6, 6.07) is 1.38. The molecule has 0 bridgehead atoms. The van der Waals surface area contributed by atoms with Crippen molar-refractivity contribution < 1.29 is 18.6 Å². The SMILES string of the molecule is CC(CO)(CO)NS(=O)(=O)c1cncc(Br)c1. The van der Waals surface area contributed by atoms with Crippen LogP contribution in [0.5, 0.6) is 0 Å². The molecule has 0 spiro atoms. The number of nitrogens with one attached hydrogen (secondary N) is 1. The molecule has 0 aliphatic carbocycles. The molecular weight excluding hydrogens is 312 g/mol. The van der Waals surface area contributed by atoms with Gasteiger partial charge in [0.25, 0.3) is 0 Å². The minimum atomic E-state index is -3.83. The van der Waals surface area contributed by atoms with E-state index in [-0.39, 0.29) is 4.90 Å². The summed E-state index contributed by atoms with van der Waals surface area (Å²) in [7, 11) is -3.83. The maximum absolute atomic E-state index is 11.9. The van der Waals surface area contributed by atoms with E-state index in [1.165, 1.54) is 25.4 Å². The summed E-state index contributed by atoms with van der Waals surface area (Å²) in [5.74, 6) is 0. The topological polar surface area (TPSA) is 99.5 Å². The van der Waals surface area contributed by atoms with Crippen molar-refractivity contribution in [2.24, 2.45) is 0 Å². The molecule has 0 radical (unpaired) electrons. The molecule has 1 rings (SSSR count). The average molecular weight is 325 g/mol. The Morgan fingerprint density at radius 3 is 2.47 bits per heavy atom. The van der Waals surface area contributed by atoms with Gasteiger partial charge in [-0.15, -0.1) is 0 Å². The van der Waals surface area contributed by atoms with E-state index in [1.54, 1.807) is 0 Å². The van der Waals surface area contributed by atoms with Gasteiger partial charge in [-0.1, -0.05) is 0 Å². The van der Waals surface area contributed by atoms with Crippen LogP contribution in [0.15, 0.2) is 27.8 Å². The fourth-order valence-electron chi connectivity index (χ4n) is 1.04. The largest absolute Gasteiger partial charge is 0.394 e. The predicted molar refractivity (Wildman–Crippen MR) is 64.8 cm³/mol. The van der Waals surface area contributed by atoms with Gasteiger partial charge in [0, 0.05) is 16.9 Å². The Balaban J connectivity index is 3.05. The number of aliphatic hydroxyl groups excluding tert-OH is 2. The van der Waals surface area contributed by atoms with E-state index in [0.29, 0.717) is 4.47 Å². The van der Waals surface area contributed by atoms with E-state index in [1.807, 2.05) is 0 Å². The highest BCUT2D eigenvalue weighted by Crippen LogP contribution is 2.16. The van der Waals surface area contributed by atoms with Crippen LogP contribution in [0.3, 0.4) is 0 Å². The van der Waals surface area contributed by atoms with Crippen molar-refractivity contribution in [3.05, 3.63) is 22.9 Å². The van der Waals surface area contributed by atoms with Gasteiger partial charge < -0.3 is 10.2 Å². The molecular formula is C9H13BrN2O4S. The van der Waals surface area contributed by atoms with Crippen LogP contribution >= 0.6 is 15.9 Å². The standard InChI is InChI=1S/C9H13BrN2O4S/c1-9(5-13,6-14)12-17(15,16)8-2-7(10)3-11-4-8/h2-4,12-14H,5-6H2,1H3. The van der Waals surface area contributed by atoms with Gasteiger partial charge in [0.2, 0.25) is 10.0 Å². The highest BCUT2D eigenvalue weighted by atomic mass is 79.9. The van der Waals surface area contributed by atoms with Crippen LogP contribution in [0.4, 0.5) is 0 Å². The van der Waals surface area contributed by atoms with Crippen LogP contribution < -0.4 is 4.72 Å². The number of hydrogen-bond acceptors (Lipinski definition) is 5. The second-order valence-electron chi connectivity index (χ2n) is 3.82. The van der Waals surface area contributed by atoms with Gasteiger partial charge in [-0.2, -0.15) is 0 Å². The van der Waals surface area contributed by atoms with Crippen molar-refractivity contribution in [1.82, 2.24) is 9.71 Å². The summed E-state index contributed by atoms with van der Waals surface area (Å²) in [5.41, 5.74) is -1.30. The van der Waals surface area contributed by atoms with Gasteiger partial charge in [-0.05, 0) is 28.9 Å². The zero-order chi connectivity index (χ0) is 13.1. The second kappa shape index (κ2) is 5.40. The molecule has 6 nitrogen and oxygen atoms in total. The number of pyridine rings is 1. The van der Waals surface area contributed by atoms with E-state index < -0.39 is 28.8 Å². The Hall–Kier alpha value is -0.540. The molecule has 1 aromatic rings. The molecule has 0 fully saturated rings. The van der Waals surface area contributed by atoms with Crippen molar-refractivity contribution in [2.45, 2.75) is 17.4 Å². The molecule has 0 aliphatic heterocycles. The van der Waals surface area contributed by atoms with E-state index in [2.05, 4.69) is 25.6 Å². The minimum Gasteiger partial charge on any atom is -0.394 e. The zero-order valence-electron chi connectivity index (χ0n) is 9.09. The smallest absolute Gasteiger partial charge is 0.242 e. The van der Waals surface area contributed by atoms with Gasteiger partial charge in [0.05, 0.1) is 18.8 Å². The van der Waals surface area contributed by atoms with E-state index >= 15 is 0 Å². The molecule has 1 heterocycles. The van der Waals surface area contributed by atoms with Gasteiger partial charge in [0.15, 0.2) is 0 Å². The van der Waals surface area contributed by atoms with Crippen LogP contribution in [-0.4, -0.2) is 42.4 Å². The van der Waals surface area contributed by atoms with Gasteiger partial charge in [-0.25, -0.2) is 13.1 Å². The third kappa shape index (κ3) is 3.71. The number of sulfonamides is 1. The first-order chi connectivity index (χ1) is 7.83. The van der Waals surface area contributed by atoms with Gasteiger partial charge in [-0.3, -0.25) is 4.98 Å². The van der Waals surface area contributed by atoms with Crippen LogP contribution in [0.2, 0.25) is 0 Å². The summed E-state index contributed by atoms with van der Waals surface area (Å²) >= 11 is 3.11. The molecule has 1 aromatic heterocycles. The number of hydrogen-bond donors (Lipinski definition) is 3. The fourth-order valence-corrected chi connectivity index (χ4v) is 2.93. The Morgan fingerprint density at radius 2 is 2.00 bits per heavy atom. The Bertz CT molecular complexity index is 488. The molecule has 0 aliphatic rings. The fraction of sp³-hybridized carbons (Fsp3) is 0.444. The average Bonchev–Trinajstić information content (AvgIpc) is 2.28. The summed E-state index contributed by atoms with van der Waals surface area (Å²) in [6.07, 6.45) is 2.64. The minimum absolute atomic E-state index is 0.0417. The summed E-state index contributed by atoms with van der Waals surface area (Å²) < 4.78 is 26.6. The summed E-state index contributed by atoms with van der Waals surface area (Å²) in [6.45, 7) is 0.379. The maximum Gasteiger partial charge on any atom is 0.242 e. The molecule has 0 saturated heterocycles. The maximum atomic E-state index is 11.9. The van der Waals surface area contributed by atoms with Crippen LogP contribution in [0.25, 0.3) is 0 Å². The molecule has 8 heteroatoms. The van der Waals surface area contributed by atoms with Gasteiger partial charge in [0.1, 0.15) is 4.90 Å². The van der Waals surface area contributed by atoms with Crippen molar-refractivity contribution in [2.75, 3.05) is 13.2 Å². The van der Waals surface area contributed by atoms with E-state index in [9.17, 15) is 8.42 Å². The van der Waals surface area contributed by atoms with Gasteiger partial charge >= 0.3 is 0 Å². The lowest BCUT2D eigenvalue weighted by Gasteiger charge is -2.25. The van der Waals surface area contributed by atoms with Crippen LogP contribution in [-0.2, 0) is 10.0 Å². The number of aromatic nitrogens is 1. The van der Waals surface area contributed by atoms with Crippen molar-refractivity contribution >= 4 is 26.0 Å². The summed E-state index contributed by atoms with van der Waals surface area (Å²) in [5, 5.41) is 18.1. The zero-order valence-corrected chi connectivity index (χ0v) is 11.5. The molecule has 17 heavy (non-hydrogen) atoms. The Labute approximate surface area is 108 Å². The molecule has 0 unspecified atom stereocenters. The molecule has 96 valence electrons. The molecule has 0 amide bonds. The quantitative estimate of drug-likeness (QED) is 0.700. The van der Waals surface area contributed by atoms with Crippen molar-refractivity contribution in [3.63, 3.8) is 0 Å². The normalized spacial score (nSPS) is 12.7. The molecule has 3 N–H and O–H groups in total. The third-order valence-corrected chi connectivity index (χ3v) is 4.11. The highest BCUT2D eigenvalue weighted by Gasteiger charge is 2.29. The number of halogens is 1. The first-order valence-electron chi connectivity index (χ1n) is 4.69. The Kier molecular flexibility index (Phi) is 4.62. The third-order valence-electron chi connectivity index (χ3n) is 2.07. The van der Waals surface area contributed by atoms with Crippen LogP contribution in [0, 0.1) is 0 Å². The predicted octanol–water partition coefficient (Wildman–Crippen LogP) is -0.134. The number of rotatable bonds is 5. The molecule has 0 aromatic carbocycles. The first kappa shape index (κ1) is 14.5. The van der Waals surface area contributed by atoms with Crippen molar-refractivity contribution in [1.29, 1.82) is 0 Å².